The maximum Gasteiger partial charge on any atom is 0.0267 e. The molecule has 27 heavy (non-hydrogen) atoms. The van der Waals surface area contributed by atoms with Gasteiger partial charge in [0.1, 0.15) is 0 Å². The molecule has 0 unspecified atom stereocenters. The van der Waals surface area contributed by atoms with E-state index in [1.807, 2.05) is 72.8 Å². The van der Waals surface area contributed by atoms with Gasteiger partial charge in [-0.25, -0.2) is 0 Å². The molecular formula is C20H20Cl2N4Pt. The zero-order chi connectivity index (χ0) is 19.7. The topological polar surface area (TPSA) is 51.6 Å². The average molecular weight is 582 g/mol. The summed E-state index contributed by atoms with van der Waals surface area (Å²) in [5.74, 6) is 0. The molecule has 0 bridgehead atoms. The van der Waals surface area contributed by atoms with Crippen molar-refractivity contribution in [2.24, 2.45) is 0 Å². The second kappa shape index (κ2) is 23.9. The number of rotatable bonds is 0. The minimum absolute atomic E-state index is 0.472. The van der Waals surface area contributed by atoms with Gasteiger partial charge >= 0.3 is 35.3 Å². The summed E-state index contributed by atoms with van der Waals surface area (Å²) in [5.41, 5.74) is 0. The molecule has 0 saturated heterocycles. The van der Waals surface area contributed by atoms with Crippen LogP contribution in [0.4, 0.5) is 0 Å². The number of aromatic nitrogens is 4. The van der Waals surface area contributed by atoms with Crippen LogP contribution in [0, 0.1) is 0 Å². The first-order chi connectivity index (χ1) is 13.4. The van der Waals surface area contributed by atoms with Gasteiger partial charge in [-0.3, -0.25) is 19.9 Å². The molecule has 0 N–H and O–H groups in total. The van der Waals surface area contributed by atoms with E-state index in [2.05, 4.69) is 19.9 Å². The molecule has 0 aliphatic rings. The van der Waals surface area contributed by atoms with Gasteiger partial charge in [0.2, 0.25) is 0 Å². The monoisotopic (exact) mass is 581 g/mol. The van der Waals surface area contributed by atoms with Crippen molar-refractivity contribution in [1.82, 2.24) is 19.9 Å². The maximum atomic E-state index is 4.88. The van der Waals surface area contributed by atoms with Gasteiger partial charge in [0.25, 0.3) is 0 Å². The van der Waals surface area contributed by atoms with Gasteiger partial charge in [-0.2, -0.15) is 0 Å². The summed E-state index contributed by atoms with van der Waals surface area (Å²) in [6.45, 7) is 0. The summed E-state index contributed by atoms with van der Waals surface area (Å²) in [4.78, 5) is 15.1. The van der Waals surface area contributed by atoms with Crippen LogP contribution in [0.1, 0.15) is 0 Å². The Morgan fingerprint density at radius 2 is 0.481 bits per heavy atom. The van der Waals surface area contributed by atoms with Crippen LogP contribution in [-0.4, -0.2) is 19.9 Å². The minimum Gasteiger partial charge on any atom is -0.265 e. The third-order valence-electron chi connectivity index (χ3n) is 2.27. The van der Waals surface area contributed by atoms with Crippen LogP contribution in [0.15, 0.2) is 122 Å². The Labute approximate surface area is 177 Å². The van der Waals surface area contributed by atoms with Crippen LogP contribution < -0.4 is 0 Å². The first-order valence-electron chi connectivity index (χ1n) is 7.64. The number of hydrogen-bond donors (Lipinski definition) is 0. The summed E-state index contributed by atoms with van der Waals surface area (Å²) in [7, 11) is 9.75. The maximum absolute atomic E-state index is 4.88. The molecule has 0 spiro atoms. The van der Waals surface area contributed by atoms with E-state index in [4.69, 9.17) is 18.8 Å². The Morgan fingerprint density at radius 3 is 0.519 bits per heavy atom. The van der Waals surface area contributed by atoms with E-state index in [-0.39, 0.29) is 0 Å². The van der Waals surface area contributed by atoms with Crippen molar-refractivity contribution >= 4 is 18.8 Å². The van der Waals surface area contributed by atoms with Crippen LogP contribution in [0.3, 0.4) is 0 Å². The molecule has 0 fully saturated rings. The molecule has 0 saturated carbocycles. The Bertz CT molecular complexity index is 461. The summed E-state index contributed by atoms with van der Waals surface area (Å²) in [6.07, 6.45) is 14.0. The molecular weight excluding hydrogens is 562 g/mol. The fourth-order valence-corrected chi connectivity index (χ4v) is 1.25. The molecule has 0 amide bonds. The first kappa shape index (κ1) is 24.9. The number of pyridine rings is 4. The molecule has 4 aromatic rings. The van der Waals surface area contributed by atoms with Gasteiger partial charge in [0.05, 0.1) is 0 Å². The third kappa shape index (κ3) is 23.9. The van der Waals surface area contributed by atoms with E-state index in [0.717, 1.165) is 0 Å². The van der Waals surface area contributed by atoms with Crippen molar-refractivity contribution in [3.05, 3.63) is 122 Å². The zero-order valence-electron chi connectivity index (χ0n) is 14.4. The standard InChI is InChI=1S/4C5H5N.2ClH.Pt/c4*1-2-4-6-5-3-1;;;/h4*1-5H;2*1H;/q;;;;;;+2/p-2. The molecule has 0 aromatic carbocycles. The number of nitrogens with zero attached hydrogens (tertiary/aromatic N) is 4. The van der Waals surface area contributed by atoms with Gasteiger partial charge in [-0.15, -0.1) is 0 Å². The molecule has 144 valence electrons. The Hall–Kier alpha value is -2.13. The fourth-order valence-electron chi connectivity index (χ4n) is 1.25. The van der Waals surface area contributed by atoms with Crippen molar-refractivity contribution in [3.63, 3.8) is 0 Å². The van der Waals surface area contributed by atoms with Crippen molar-refractivity contribution < 1.29 is 16.5 Å². The summed E-state index contributed by atoms with van der Waals surface area (Å²) < 4.78 is 0. The van der Waals surface area contributed by atoms with E-state index in [0.29, 0.717) is 0 Å². The van der Waals surface area contributed by atoms with Crippen LogP contribution >= 0.6 is 18.8 Å². The van der Waals surface area contributed by atoms with Crippen LogP contribution in [0.25, 0.3) is 0 Å². The molecule has 4 heterocycles. The normalized spacial score (nSPS) is 7.93. The van der Waals surface area contributed by atoms with Crippen LogP contribution in [0.5, 0.6) is 0 Å². The van der Waals surface area contributed by atoms with Gasteiger partial charge in [-0.05, 0) is 48.5 Å². The number of hydrogen-bond acceptors (Lipinski definition) is 4. The molecule has 4 rings (SSSR count). The van der Waals surface area contributed by atoms with Gasteiger partial charge < -0.3 is 0 Å². The Morgan fingerprint density at radius 1 is 0.333 bits per heavy atom. The fraction of sp³-hybridized carbons (Fsp3) is 0. The summed E-state index contributed by atoms with van der Waals surface area (Å²) >= 11 is -0.472. The largest absolute Gasteiger partial charge is 0.265 e. The predicted octanol–water partition coefficient (Wildman–Crippen LogP) is 5.70. The zero-order valence-corrected chi connectivity index (χ0v) is 18.2. The van der Waals surface area contributed by atoms with Gasteiger partial charge in [0.15, 0.2) is 0 Å². The van der Waals surface area contributed by atoms with Crippen LogP contribution in [0.2, 0.25) is 0 Å². The molecule has 4 aromatic heterocycles. The molecule has 0 aliphatic carbocycles. The van der Waals surface area contributed by atoms with Crippen molar-refractivity contribution in [1.29, 1.82) is 0 Å². The SMILES string of the molecule is [Cl][Pt][Cl].c1ccncc1.c1ccncc1.c1ccncc1.c1ccncc1. The van der Waals surface area contributed by atoms with Crippen molar-refractivity contribution in [2.45, 2.75) is 0 Å². The average Bonchev–Trinajstić information content (AvgIpc) is 2.80. The van der Waals surface area contributed by atoms with E-state index < -0.39 is 16.5 Å². The second-order valence-corrected chi connectivity index (χ2v) is 7.43. The smallest absolute Gasteiger partial charge is 0.0267 e. The van der Waals surface area contributed by atoms with E-state index in [1.165, 1.54) is 0 Å². The summed E-state index contributed by atoms with van der Waals surface area (Å²) in [6, 6.07) is 22.9. The third-order valence-corrected chi connectivity index (χ3v) is 2.27. The molecule has 0 aliphatic heterocycles. The number of halogens is 2. The van der Waals surface area contributed by atoms with Gasteiger partial charge in [0, 0.05) is 49.6 Å². The summed E-state index contributed by atoms with van der Waals surface area (Å²) in [5, 5.41) is 0. The van der Waals surface area contributed by atoms with E-state index in [9.17, 15) is 0 Å². The van der Waals surface area contributed by atoms with Crippen LogP contribution in [-0.2, 0) is 16.5 Å². The Kier molecular flexibility index (Phi) is 22.0. The molecule has 4 nitrogen and oxygen atoms in total. The Balaban J connectivity index is 0.000000319. The van der Waals surface area contributed by atoms with Crippen molar-refractivity contribution in [2.75, 3.05) is 0 Å². The quantitative estimate of drug-likeness (QED) is 0.267. The van der Waals surface area contributed by atoms with Crippen molar-refractivity contribution in [3.8, 4) is 0 Å². The van der Waals surface area contributed by atoms with Gasteiger partial charge in [-0.1, -0.05) is 24.3 Å². The second-order valence-electron chi connectivity index (χ2n) is 4.14. The predicted molar refractivity (Wildman–Crippen MR) is 109 cm³/mol. The molecule has 0 atom stereocenters. The van der Waals surface area contributed by atoms with E-state index >= 15 is 0 Å². The van der Waals surface area contributed by atoms with E-state index in [1.54, 1.807) is 49.6 Å². The molecule has 0 radical (unpaired) electrons. The first-order valence-corrected chi connectivity index (χ1v) is 13.3. The molecule has 7 heteroatoms. The minimum atomic E-state index is -0.472.